The van der Waals surface area contributed by atoms with Gasteiger partial charge in [0.15, 0.2) is 0 Å². The zero-order valence-corrected chi connectivity index (χ0v) is 16.5. The largest absolute Gasteiger partial charge is 0.514 e. The molecule has 0 spiro atoms. The minimum atomic E-state index is -0.431. The number of carbonyl (C=O) groups excluding carboxylic acids is 1. The summed E-state index contributed by atoms with van der Waals surface area (Å²) in [5, 5.41) is 20.7. The van der Waals surface area contributed by atoms with E-state index in [9.17, 15) is 9.90 Å². The second-order valence-corrected chi connectivity index (χ2v) is 6.86. The van der Waals surface area contributed by atoms with Crippen LogP contribution in [0.5, 0.6) is 0 Å². The minimum absolute atomic E-state index is 0. The normalized spacial score (nSPS) is 15.1. The Morgan fingerprint density at radius 2 is 2.17 bits per heavy atom. The van der Waals surface area contributed by atoms with Gasteiger partial charge in [0.2, 0.25) is 0 Å². The minimum Gasteiger partial charge on any atom is -0.514 e. The standard InChI is InChI=1S/C19H19N3O2.C3H5NO.H2/c1-11-9-12(2)22-8-7-15(18(22)20-11)19(24)21-14-5-3-13-4-6-17(23)16(13)10-14;1-4-2-3-5;/h3,5,7-10,17,23H,4,6H2,1-2H3,(H,21,24);2-3,5H,1H2;1H/b;3-2-;. The van der Waals surface area contributed by atoms with Crippen molar-refractivity contribution in [1.29, 1.82) is 0 Å². The Bertz CT molecular complexity index is 1090. The molecule has 0 bridgehead atoms. The number of aliphatic hydroxyl groups is 2. The third-order valence-corrected chi connectivity index (χ3v) is 4.81. The molecule has 0 saturated heterocycles. The first-order valence-corrected chi connectivity index (χ1v) is 9.27. The molecule has 4 rings (SSSR count). The van der Waals surface area contributed by atoms with Crippen LogP contribution in [0, 0.1) is 13.8 Å². The molecule has 3 N–H and O–H groups in total. The van der Waals surface area contributed by atoms with Crippen LogP contribution in [-0.2, 0) is 6.42 Å². The van der Waals surface area contributed by atoms with E-state index < -0.39 is 6.10 Å². The molecule has 29 heavy (non-hydrogen) atoms. The number of aryl methyl sites for hydroxylation is 3. The molecule has 3 aromatic rings. The number of rotatable bonds is 3. The quantitative estimate of drug-likeness (QED) is 0.459. The van der Waals surface area contributed by atoms with Gasteiger partial charge < -0.3 is 19.9 Å². The van der Waals surface area contributed by atoms with Crippen molar-refractivity contribution in [2.75, 3.05) is 5.32 Å². The first-order chi connectivity index (χ1) is 13.9. The van der Waals surface area contributed by atoms with E-state index in [1.54, 1.807) is 6.07 Å². The molecule has 2 heterocycles. The highest BCUT2D eigenvalue weighted by molar-refractivity contribution is 6.08. The fourth-order valence-corrected chi connectivity index (χ4v) is 3.47. The Labute approximate surface area is 170 Å². The van der Waals surface area contributed by atoms with Gasteiger partial charge in [-0.15, -0.1) is 0 Å². The Morgan fingerprint density at radius 1 is 1.38 bits per heavy atom. The van der Waals surface area contributed by atoms with Crippen LogP contribution >= 0.6 is 0 Å². The van der Waals surface area contributed by atoms with Gasteiger partial charge in [-0.1, -0.05) is 6.07 Å². The van der Waals surface area contributed by atoms with Gasteiger partial charge in [-0.25, -0.2) is 4.98 Å². The first-order valence-electron chi connectivity index (χ1n) is 9.27. The number of anilines is 1. The monoisotopic (exact) mass is 394 g/mol. The number of hydrogen-bond donors (Lipinski definition) is 3. The van der Waals surface area contributed by atoms with Crippen molar-refractivity contribution in [3.8, 4) is 0 Å². The molecule has 7 heteroatoms. The van der Waals surface area contributed by atoms with Crippen LogP contribution in [0.2, 0.25) is 0 Å². The average molecular weight is 394 g/mol. The Hall–Kier alpha value is -3.45. The zero-order chi connectivity index (χ0) is 21.0. The summed E-state index contributed by atoms with van der Waals surface area (Å²) in [6, 6.07) is 9.50. The van der Waals surface area contributed by atoms with Crippen molar-refractivity contribution in [3.63, 3.8) is 0 Å². The molecule has 1 unspecified atom stereocenters. The zero-order valence-electron chi connectivity index (χ0n) is 16.5. The second kappa shape index (κ2) is 8.70. The smallest absolute Gasteiger partial charge is 0.259 e. The predicted molar refractivity (Wildman–Crippen MR) is 116 cm³/mol. The number of aromatic nitrogens is 2. The summed E-state index contributed by atoms with van der Waals surface area (Å²) in [5.41, 5.74) is 5.89. The van der Waals surface area contributed by atoms with Crippen molar-refractivity contribution in [3.05, 3.63) is 77.1 Å². The molecule has 0 fully saturated rings. The van der Waals surface area contributed by atoms with Crippen molar-refractivity contribution in [2.45, 2.75) is 32.8 Å². The summed E-state index contributed by atoms with van der Waals surface area (Å²) in [6.07, 6.45) is 5.08. The molecule has 0 radical (unpaired) electrons. The Balaban J connectivity index is 0.000000482. The summed E-state index contributed by atoms with van der Waals surface area (Å²) in [5.74, 6) is -0.192. The number of amides is 1. The molecule has 152 valence electrons. The third kappa shape index (κ3) is 4.35. The maximum absolute atomic E-state index is 12.7. The molecule has 0 saturated carbocycles. The molecule has 1 aliphatic rings. The van der Waals surface area contributed by atoms with Gasteiger partial charge in [0, 0.05) is 24.7 Å². The molecule has 2 aromatic heterocycles. The molecule has 1 aromatic carbocycles. The summed E-state index contributed by atoms with van der Waals surface area (Å²) in [4.78, 5) is 20.3. The average Bonchev–Trinajstić information content (AvgIpc) is 3.27. The SMILES string of the molecule is C=N/C=C\O.Cc1cc(C)n2ccc(C(=O)Nc3ccc4c(c3)C(O)CC4)c2n1.[HH]. The van der Waals surface area contributed by atoms with Crippen LogP contribution in [0.4, 0.5) is 5.69 Å². The van der Waals surface area contributed by atoms with Gasteiger partial charge >= 0.3 is 0 Å². The van der Waals surface area contributed by atoms with Crippen molar-refractivity contribution < 1.29 is 16.4 Å². The van der Waals surface area contributed by atoms with Crippen LogP contribution in [0.15, 0.2) is 54.0 Å². The number of fused-ring (bicyclic) bond motifs is 2. The van der Waals surface area contributed by atoms with E-state index in [-0.39, 0.29) is 7.33 Å². The van der Waals surface area contributed by atoms with Crippen molar-refractivity contribution in [2.24, 2.45) is 4.99 Å². The number of aliphatic hydroxyl groups excluding tert-OH is 2. The molecular weight excluding hydrogens is 368 g/mol. The topological polar surface area (TPSA) is 99.2 Å². The fraction of sp³-hybridized carbons (Fsp3) is 0.227. The molecule has 7 nitrogen and oxygen atoms in total. The third-order valence-electron chi connectivity index (χ3n) is 4.81. The first kappa shape index (κ1) is 20.3. The lowest BCUT2D eigenvalue weighted by atomic mass is 10.1. The highest BCUT2D eigenvalue weighted by atomic mass is 16.3. The number of carbonyl (C=O) groups is 1. The number of benzene rings is 1. The van der Waals surface area contributed by atoms with E-state index in [4.69, 9.17) is 5.11 Å². The highest BCUT2D eigenvalue weighted by Gasteiger charge is 2.21. The van der Waals surface area contributed by atoms with Crippen molar-refractivity contribution >= 4 is 24.0 Å². The molecule has 1 atom stereocenters. The summed E-state index contributed by atoms with van der Waals surface area (Å²) in [7, 11) is 0. The predicted octanol–water partition coefficient (Wildman–Crippen LogP) is 4.15. The van der Waals surface area contributed by atoms with E-state index in [1.165, 1.54) is 6.20 Å². The number of hydrogen-bond acceptors (Lipinski definition) is 5. The lowest BCUT2D eigenvalue weighted by Crippen LogP contribution is -2.13. The fourth-order valence-electron chi connectivity index (χ4n) is 3.47. The second-order valence-electron chi connectivity index (χ2n) is 6.86. The van der Waals surface area contributed by atoms with Crippen LogP contribution in [0.1, 0.15) is 46.8 Å². The molecule has 1 aliphatic carbocycles. The maximum atomic E-state index is 12.7. The van der Waals surface area contributed by atoms with E-state index >= 15 is 0 Å². The Morgan fingerprint density at radius 3 is 2.86 bits per heavy atom. The lowest BCUT2D eigenvalue weighted by Gasteiger charge is -2.09. The van der Waals surface area contributed by atoms with Crippen LogP contribution in [0.3, 0.4) is 0 Å². The molecular formula is C22H26N4O3. The van der Waals surface area contributed by atoms with Gasteiger partial charge in [-0.3, -0.25) is 9.79 Å². The van der Waals surface area contributed by atoms with Gasteiger partial charge in [0.05, 0.1) is 24.1 Å². The van der Waals surface area contributed by atoms with Crippen molar-refractivity contribution in [1.82, 2.24) is 9.38 Å². The molecule has 0 aliphatic heterocycles. The molecule has 1 amide bonds. The summed E-state index contributed by atoms with van der Waals surface area (Å²) in [6.45, 7) is 6.97. The number of nitrogens with one attached hydrogen (secondary N) is 1. The lowest BCUT2D eigenvalue weighted by molar-refractivity contribution is 0.102. The van der Waals surface area contributed by atoms with E-state index in [1.807, 2.05) is 48.7 Å². The maximum Gasteiger partial charge on any atom is 0.259 e. The summed E-state index contributed by atoms with van der Waals surface area (Å²) < 4.78 is 1.91. The van der Waals surface area contributed by atoms with Gasteiger partial charge in [-0.05, 0) is 68.8 Å². The number of aliphatic imine (C=N–C) groups is 1. The van der Waals surface area contributed by atoms with Gasteiger partial charge in [0.25, 0.3) is 5.91 Å². The van der Waals surface area contributed by atoms with Crippen LogP contribution < -0.4 is 5.32 Å². The van der Waals surface area contributed by atoms with E-state index in [2.05, 4.69) is 22.0 Å². The van der Waals surface area contributed by atoms with E-state index in [0.29, 0.717) is 16.9 Å². The van der Waals surface area contributed by atoms with Crippen LogP contribution in [0.25, 0.3) is 5.65 Å². The van der Waals surface area contributed by atoms with Crippen LogP contribution in [-0.4, -0.2) is 32.2 Å². The van der Waals surface area contributed by atoms with Gasteiger partial charge in [0.1, 0.15) is 5.65 Å². The van der Waals surface area contributed by atoms with Gasteiger partial charge in [-0.2, -0.15) is 0 Å². The number of nitrogens with zero attached hydrogens (tertiary/aromatic N) is 3. The van der Waals surface area contributed by atoms with E-state index in [0.717, 1.165) is 41.6 Å². The summed E-state index contributed by atoms with van der Waals surface area (Å²) >= 11 is 0. The Kier molecular flexibility index (Phi) is 6.09. The highest BCUT2D eigenvalue weighted by Crippen LogP contribution is 2.33.